The summed E-state index contributed by atoms with van der Waals surface area (Å²) >= 11 is 1.96. The summed E-state index contributed by atoms with van der Waals surface area (Å²) in [5, 5.41) is 5.68. The van der Waals surface area contributed by atoms with Crippen molar-refractivity contribution in [2.24, 2.45) is 5.92 Å². The Labute approximate surface area is 116 Å². The summed E-state index contributed by atoms with van der Waals surface area (Å²) in [4.78, 5) is 15.9. The van der Waals surface area contributed by atoms with Gasteiger partial charge in [-0.05, 0) is 36.3 Å². The second-order valence-corrected chi connectivity index (χ2v) is 5.79. The van der Waals surface area contributed by atoms with Crippen molar-refractivity contribution in [2.45, 2.75) is 12.8 Å². The lowest BCUT2D eigenvalue weighted by Gasteiger charge is -2.21. The molecule has 1 saturated heterocycles. The van der Waals surface area contributed by atoms with E-state index in [4.69, 9.17) is 0 Å². The third-order valence-electron chi connectivity index (χ3n) is 3.23. The molecule has 0 aromatic carbocycles. The van der Waals surface area contributed by atoms with Crippen LogP contribution in [0.1, 0.15) is 23.2 Å². The molecule has 1 fully saturated rings. The second-order valence-electron chi connectivity index (χ2n) is 4.57. The molecule has 1 aromatic heterocycles. The first-order valence-corrected chi connectivity index (χ1v) is 7.55. The summed E-state index contributed by atoms with van der Waals surface area (Å²) in [7, 11) is 1.66. The number of anilines is 1. The van der Waals surface area contributed by atoms with Crippen molar-refractivity contribution >= 4 is 23.5 Å². The van der Waals surface area contributed by atoms with E-state index in [1.165, 1.54) is 6.07 Å². The highest BCUT2D eigenvalue weighted by molar-refractivity contribution is 7.99. The first-order valence-electron chi connectivity index (χ1n) is 6.40. The van der Waals surface area contributed by atoms with Crippen molar-refractivity contribution in [2.75, 3.05) is 30.4 Å². The van der Waals surface area contributed by atoms with Crippen LogP contribution in [0.5, 0.6) is 0 Å². The van der Waals surface area contributed by atoms with Gasteiger partial charge in [-0.15, -0.1) is 0 Å². The fraction of sp³-hybridized carbons (Fsp3) is 0.538. The molecule has 0 unspecified atom stereocenters. The zero-order chi connectivity index (χ0) is 13.7. The highest BCUT2D eigenvalue weighted by Crippen LogP contribution is 2.22. The third-order valence-corrected chi connectivity index (χ3v) is 4.28. The lowest BCUT2D eigenvalue weighted by molar-refractivity contribution is 0.0946. The van der Waals surface area contributed by atoms with Crippen LogP contribution >= 0.6 is 11.8 Å². The molecule has 1 amide bonds. The lowest BCUT2D eigenvalue weighted by atomic mass is 10.0. The fourth-order valence-electron chi connectivity index (χ4n) is 2.09. The molecule has 0 aliphatic carbocycles. The molecule has 0 saturated carbocycles. The minimum Gasteiger partial charge on any atom is -0.372 e. The van der Waals surface area contributed by atoms with Gasteiger partial charge < -0.3 is 10.6 Å². The van der Waals surface area contributed by atoms with E-state index in [1.54, 1.807) is 7.05 Å². The number of thioether (sulfide) groups is 1. The molecule has 4 nitrogen and oxygen atoms in total. The standard InChI is InChI=1S/C13H18FN3OS/c1-15-12-11(6-10(14)8-16-12)13(18)17-7-9-2-4-19-5-3-9/h6,8-9H,2-5,7H2,1H3,(H,15,16)(H,17,18). The van der Waals surface area contributed by atoms with Crippen molar-refractivity contribution in [3.63, 3.8) is 0 Å². The first kappa shape index (κ1) is 14.1. The van der Waals surface area contributed by atoms with Crippen molar-refractivity contribution < 1.29 is 9.18 Å². The summed E-state index contributed by atoms with van der Waals surface area (Å²) in [5.74, 6) is 2.48. The third kappa shape index (κ3) is 3.83. The Morgan fingerprint density at radius 1 is 1.53 bits per heavy atom. The summed E-state index contributed by atoms with van der Waals surface area (Å²) in [6.07, 6.45) is 3.36. The van der Waals surface area contributed by atoms with Gasteiger partial charge in [0, 0.05) is 13.6 Å². The predicted octanol–water partition coefficient (Wildman–Crippen LogP) is 2.14. The fourth-order valence-corrected chi connectivity index (χ4v) is 3.30. The van der Waals surface area contributed by atoms with E-state index in [2.05, 4.69) is 15.6 Å². The summed E-state index contributed by atoms with van der Waals surface area (Å²) in [5.41, 5.74) is 0.257. The maximum absolute atomic E-state index is 13.2. The largest absolute Gasteiger partial charge is 0.372 e. The van der Waals surface area contributed by atoms with E-state index in [0.29, 0.717) is 18.3 Å². The Hall–Kier alpha value is -1.30. The first-order chi connectivity index (χ1) is 9.20. The minimum atomic E-state index is -0.502. The van der Waals surface area contributed by atoms with E-state index in [9.17, 15) is 9.18 Å². The van der Waals surface area contributed by atoms with Crippen molar-refractivity contribution in [3.05, 3.63) is 23.6 Å². The Morgan fingerprint density at radius 3 is 2.95 bits per heavy atom. The average molecular weight is 283 g/mol. The van der Waals surface area contributed by atoms with Gasteiger partial charge in [0.05, 0.1) is 11.8 Å². The molecule has 0 spiro atoms. The van der Waals surface area contributed by atoms with Gasteiger partial charge in [0.2, 0.25) is 0 Å². The van der Waals surface area contributed by atoms with E-state index in [1.807, 2.05) is 11.8 Å². The predicted molar refractivity (Wildman–Crippen MR) is 76.1 cm³/mol. The molecule has 0 atom stereocenters. The Morgan fingerprint density at radius 2 is 2.26 bits per heavy atom. The summed E-state index contributed by atoms with van der Waals surface area (Å²) in [6, 6.07) is 1.21. The van der Waals surface area contributed by atoms with E-state index < -0.39 is 5.82 Å². The molecule has 2 heterocycles. The van der Waals surface area contributed by atoms with E-state index in [0.717, 1.165) is 30.5 Å². The van der Waals surface area contributed by atoms with Crippen LogP contribution < -0.4 is 10.6 Å². The van der Waals surface area contributed by atoms with Gasteiger partial charge in [0.1, 0.15) is 11.6 Å². The molecule has 1 aromatic rings. The number of amides is 1. The SMILES string of the molecule is CNc1ncc(F)cc1C(=O)NCC1CCSCC1. The molecule has 6 heteroatoms. The molecular formula is C13H18FN3OS. The quantitative estimate of drug-likeness (QED) is 0.889. The molecule has 1 aliphatic rings. The topological polar surface area (TPSA) is 54.0 Å². The van der Waals surface area contributed by atoms with Crippen LogP contribution in [-0.4, -0.2) is 36.0 Å². The number of carbonyl (C=O) groups excluding carboxylic acids is 1. The van der Waals surface area contributed by atoms with Gasteiger partial charge in [-0.1, -0.05) is 0 Å². The smallest absolute Gasteiger partial charge is 0.255 e. The van der Waals surface area contributed by atoms with Gasteiger partial charge in [-0.25, -0.2) is 9.37 Å². The Bertz CT molecular complexity index is 450. The zero-order valence-electron chi connectivity index (χ0n) is 10.9. The van der Waals surface area contributed by atoms with Gasteiger partial charge in [0.25, 0.3) is 5.91 Å². The number of halogens is 1. The molecule has 19 heavy (non-hydrogen) atoms. The maximum Gasteiger partial charge on any atom is 0.255 e. The van der Waals surface area contributed by atoms with Crippen LogP contribution in [0.25, 0.3) is 0 Å². The number of hydrogen-bond acceptors (Lipinski definition) is 4. The Kier molecular flexibility index (Phi) is 5.01. The highest BCUT2D eigenvalue weighted by atomic mass is 32.2. The molecule has 2 N–H and O–H groups in total. The van der Waals surface area contributed by atoms with Gasteiger partial charge in [-0.3, -0.25) is 4.79 Å². The van der Waals surface area contributed by atoms with Crippen LogP contribution in [0, 0.1) is 11.7 Å². The van der Waals surface area contributed by atoms with Crippen molar-refractivity contribution in [1.82, 2.24) is 10.3 Å². The molecule has 2 rings (SSSR count). The highest BCUT2D eigenvalue weighted by Gasteiger charge is 2.17. The molecule has 1 aliphatic heterocycles. The van der Waals surface area contributed by atoms with Crippen LogP contribution in [0.15, 0.2) is 12.3 Å². The zero-order valence-corrected chi connectivity index (χ0v) is 11.7. The second kappa shape index (κ2) is 6.75. The normalized spacial score (nSPS) is 16.1. The van der Waals surface area contributed by atoms with Gasteiger partial charge in [-0.2, -0.15) is 11.8 Å². The van der Waals surface area contributed by atoms with Gasteiger partial charge in [0.15, 0.2) is 0 Å². The van der Waals surface area contributed by atoms with E-state index in [-0.39, 0.29) is 11.5 Å². The summed E-state index contributed by atoms with van der Waals surface area (Å²) in [6.45, 7) is 0.652. The number of nitrogens with one attached hydrogen (secondary N) is 2. The van der Waals surface area contributed by atoms with E-state index >= 15 is 0 Å². The molecule has 0 radical (unpaired) electrons. The van der Waals surface area contributed by atoms with Gasteiger partial charge >= 0.3 is 0 Å². The Balaban J connectivity index is 1.97. The maximum atomic E-state index is 13.2. The van der Waals surface area contributed by atoms with Crippen LogP contribution in [0.3, 0.4) is 0 Å². The number of hydrogen-bond donors (Lipinski definition) is 2. The van der Waals surface area contributed by atoms with Crippen molar-refractivity contribution in [3.8, 4) is 0 Å². The van der Waals surface area contributed by atoms with Crippen molar-refractivity contribution in [1.29, 1.82) is 0 Å². The minimum absolute atomic E-state index is 0.257. The number of pyridine rings is 1. The summed E-state index contributed by atoms with van der Waals surface area (Å²) < 4.78 is 13.2. The number of carbonyl (C=O) groups is 1. The molecule has 104 valence electrons. The number of rotatable bonds is 4. The average Bonchev–Trinajstić information content (AvgIpc) is 2.46. The van der Waals surface area contributed by atoms with Crippen LogP contribution in [-0.2, 0) is 0 Å². The number of nitrogens with zero attached hydrogens (tertiary/aromatic N) is 1. The monoisotopic (exact) mass is 283 g/mol. The number of aromatic nitrogens is 1. The van der Waals surface area contributed by atoms with Crippen LogP contribution in [0.2, 0.25) is 0 Å². The lowest BCUT2D eigenvalue weighted by Crippen LogP contribution is -2.31. The molecular weight excluding hydrogens is 265 g/mol. The molecule has 0 bridgehead atoms. The van der Waals surface area contributed by atoms with Crippen LogP contribution in [0.4, 0.5) is 10.2 Å².